The number of ether oxygens (including phenoxy) is 1. The molecule has 4 atom stereocenters. The lowest BCUT2D eigenvalue weighted by atomic mass is 9.55. The Morgan fingerprint density at radius 1 is 1.21 bits per heavy atom. The topological polar surface area (TPSA) is 32.7 Å². The molecule has 1 aromatic carbocycles. The van der Waals surface area contributed by atoms with E-state index in [4.69, 9.17) is 4.74 Å². The van der Waals surface area contributed by atoms with Crippen LogP contribution >= 0.6 is 0 Å². The number of phenolic OH excluding ortho intramolecular Hbond substituents is 1. The molecule has 2 fully saturated rings. The summed E-state index contributed by atoms with van der Waals surface area (Å²) in [6.45, 7) is 5.27. The van der Waals surface area contributed by atoms with E-state index in [1.54, 1.807) is 5.57 Å². The highest BCUT2D eigenvalue weighted by atomic mass is 16.5. The highest BCUT2D eigenvalue weighted by molar-refractivity contribution is 5.40. The van der Waals surface area contributed by atoms with Crippen molar-refractivity contribution in [2.75, 3.05) is 33.9 Å². The number of fused-ring (bicyclic) bond motifs is 5. The Hall–Kier alpha value is -1.32. The molecule has 28 heavy (non-hydrogen) atoms. The van der Waals surface area contributed by atoms with Crippen molar-refractivity contribution < 1.29 is 9.84 Å². The molecule has 3 aliphatic carbocycles. The summed E-state index contributed by atoms with van der Waals surface area (Å²) in [7, 11) is 4.23. The van der Waals surface area contributed by atoms with Gasteiger partial charge in [-0.05, 0) is 112 Å². The molecule has 1 N–H and O–H groups in total. The number of rotatable bonds is 6. The molecule has 0 heterocycles. The molecule has 0 spiro atoms. The molecule has 0 aliphatic heterocycles. The van der Waals surface area contributed by atoms with E-state index in [2.05, 4.69) is 38.1 Å². The first-order valence-corrected chi connectivity index (χ1v) is 11.2. The summed E-state index contributed by atoms with van der Waals surface area (Å²) in [5.74, 6) is 2.74. The van der Waals surface area contributed by atoms with Crippen molar-refractivity contribution in [3.05, 3.63) is 41.0 Å². The molecule has 4 rings (SSSR count). The van der Waals surface area contributed by atoms with E-state index in [-0.39, 0.29) is 0 Å². The van der Waals surface area contributed by atoms with Crippen molar-refractivity contribution in [2.24, 2.45) is 17.3 Å². The largest absolute Gasteiger partial charge is 0.508 e. The SMILES string of the molecule is CN(C)CCCOCC=C1CC[C@H]2[C@@H]3CCc4cc(O)ccc4[C@H]3CC[C@]12C. The average Bonchev–Trinajstić information content (AvgIpc) is 3.00. The first kappa shape index (κ1) is 20.0. The van der Waals surface area contributed by atoms with Crippen molar-refractivity contribution in [3.8, 4) is 5.75 Å². The molecule has 0 aromatic heterocycles. The van der Waals surface area contributed by atoms with Crippen LogP contribution in [0.4, 0.5) is 0 Å². The lowest BCUT2D eigenvalue weighted by Crippen LogP contribution is -2.40. The lowest BCUT2D eigenvalue weighted by molar-refractivity contribution is 0.0802. The standard InChI is InChI=1S/C25H37NO2/c1-25-13-11-22-21-9-7-20(27)17-18(21)5-8-23(22)24(25)10-6-19(25)12-16-28-15-4-14-26(2)3/h7,9,12,17,22-24,27H,4-6,8,10-11,13-16H2,1-3H3/t22-,23-,24+,25-/m1/s1. The van der Waals surface area contributed by atoms with E-state index in [0.29, 0.717) is 17.1 Å². The van der Waals surface area contributed by atoms with E-state index in [9.17, 15) is 5.11 Å². The first-order valence-electron chi connectivity index (χ1n) is 11.2. The van der Waals surface area contributed by atoms with Crippen LogP contribution in [-0.2, 0) is 11.2 Å². The van der Waals surface area contributed by atoms with E-state index >= 15 is 0 Å². The van der Waals surface area contributed by atoms with Crippen LogP contribution in [0.2, 0.25) is 0 Å². The second-order valence-corrected chi connectivity index (χ2v) is 9.75. The Balaban J connectivity index is 1.41. The van der Waals surface area contributed by atoms with E-state index in [1.807, 2.05) is 12.1 Å². The highest BCUT2D eigenvalue weighted by Crippen LogP contribution is 2.62. The summed E-state index contributed by atoms with van der Waals surface area (Å²) in [5, 5.41) is 9.85. The Morgan fingerprint density at radius 2 is 2.07 bits per heavy atom. The Bertz CT molecular complexity index is 725. The fraction of sp³-hybridized carbons (Fsp3) is 0.680. The van der Waals surface area contributed by atoms with Crippen molar-refractivity contribution in [2.45, 2.75) is 57.8 Å². The smallest absolute Gasteiger partial charge is 0.115 e. The lowest BCUT2D eigenvalue weighted by Gasteiger charge is -2.49. The van der Waals surface area contributed by atoms with Gasteiger partial charge in [-0.15, -0.1) is 0 Å². The van der Waals surface area contributed by atoms with Crippen LogP contribution in [-0.4, -0.2) is 43.9 Å². The van der Waals surface area contributed by atoms with Gasteiger partial charge in [-0.1, -0.05) is 24.6 Å². The minimum atomic E-state index is 0.378. The maximum Gasteiger partial charge on any atom is 0.115 e. The maximum atomic E-state index is 9.85. The Morgan fingerprint density at radius 3 is 2.89 bits per heavy atom. The third kappa shape index (κ3) is 3.76. The van der Waals surface area contributed by atoms with Gasteiger partial charge in [0.2, 0.25) is 0 Å². The van der Waals surface area contributed by atoms with Gasteiger partial charge in [0.05, 0.1) is 6.61 Å². The highest BCUT2D eigenvalue weighted by Gasteiger charge is 2.52. The second-order valence-electron chi connectivity index (χ2n) is 9.75. The van der Waals surface area contributed by atoms with Gasteiger partial charge in [-0.25, -0.2) is 0 Å². The van der Waals surface area contributed by atoms with Crippen LogP contribution < -0.4 is 0 Å². The molecule has 2 saturated carbocycles. The van der Waals surface area contributed by atoms with Gasteiger partial charge in [-0.2, -0.15) is 0 Å². The third-order valence-corrected chi connectivity index (χ3v) is 7.90. The number of nitrogens with zero attached hydrogens (tertiary/aromatic N) is 1. The summed E-state index contributed by atoms with van der Waals surface area (Å²) >= 11 is 0. The third-order valence-electron chi connectivity index (χ3n) is 7.90. The first-order chi connectivity index (χ1) is 13.5. The predicted octanol–water partition coefficient (Wildman–Crippen LogP) is 5.14. The van der Waals surface area contributed by atoms with Crippen LogP contribution in [0.1, 0.15) is 62.5 Å². The number of aromatic hydroxyl groups is 1. The number of phenols is 1. The molecule has 0 unspecified atom stereocenters. The zero-order valence-corrected chi connectivity index (χ0v) is 17.9. The zero-order valence-electron chi connectivity index (χ0n) is 17.9. The molecule has 1 aromatic rings. The summed E-state index contributed by atoms with van der Waals surface area (Å²) < 4.78 is 5.91. The van der Waals surface area contributed by atoms with Crippen LogP contribution in [0.5, 0.6) is 5.75 Å². The normalized spacial score (nSPS) is 33.0. The van der Waals surface area contributed by atoms with Crippen molar-refractivity contribution >= 4 is 0 Å². The molecule has 0 radical (unpaired) electrons. The number of aryl methyl sites for hydroxylation is 1. The number of benzene rings is 1. The summed E-state index contributed by atoms with van der Waals surface area (Å²) in [6.07, 6.45) is 11.1. The van der Waals surface area contributed by atoms with Gasteiger partial charge in [0.15, 0.2) is 0 Å². The van der Waals surface area contributed by atoms with Crippen LogP contribution in [0, 0.1) is 17.3 Å². The number of hydrogen-bond donors (Lipinski definition) is 1. The molecule has 154 valence electrons. The monoisotopic (exact) mass is 383 g/mol. The maximum absolute atomic E-state index is 9.85. The van der Waals surface area contributed by atoms with Crippen LogP contribution in [0.3, 0.4) is 0 Å². The van der Waals surface area contributed by atoms with Gasteiger partial charge in [0, 0.05) is 6.61 Å². The number of hydrogen-bond acceptors (Lipinski definition) is 3. The van der Waals surface area contributed by atoms with E-state index in [0.717, 1.165) is 44.4 Å². The molecular formula is C25H37NO2. The molecule has 3 heteroatoms. The van der Waals surface area contributed by atoms with Gasteiger partial charge in [0.1, 0.15) is 5.75 Å². The summed E-state index contributed by atoms with van der Waals surface area (Å²) in [4.78, 5) is 2.21. The van der Waals surface area contributed by atoms with Gasteiger partial charge >= 0.3 is 0 Å². The molecule has 3 aliphatic rings. The van der Waals surface area contributed by atoms with Crippen molar-refractivity contribution in [1.82, 2.24) is 4.90 Å². The fourth-order valence-corrected chi connectivity index (χ4v) is 6.48. The predicted molar refractivity (Wildman–Crippen MR) is 115 cm³/mol. The average molecular weight is 384 g/mol. The van der Waals surface area contributed by atoms with Crippen LogP contribution in [0.15, 0.2) is 29.8 Å². The summed E-state index contributed by atoms with van der Waals surface area (Å²) in [6, 6.07) is 6.10. The zero-order chi connectivity index (χ0) is 19.7. The minimum absolute atomic E-state index is 0.378. The van der Waals surface area contributed by atoms with E-state index in [1.165, 1.54) is 43.2 Å². The molecule has 0 amide bonds. The second kappa shape index (κ2) is 8.20. The Labute approximate surface area is 170 Å². The molecular weight excluding hydrogens is 346 g/mol. The Kier molecular flexibility index (Phi) is 5.85. The van der Waals surface area contributed by atoms with Gasteiger partial charge < -0.3 is 14.7 Å². The van der Waals surface area contributed by atoms with E-state index < -0.39 is 0 Å². The summed E-state index contributed by atoms with van der Waals surface area (Å²) in [5.41, 5.74) is 4.96. The minimum Gasteiger partial charge on any atom is -0.508 e. The quantitative estimate of drug-likeness (QED) is 0.545. The molecule has 0 bridgehead atoms. The fourth-order valence-electron chi connectivity index (χ4n) is 6.48. The van der Waals surface area contributed by atoms with Crippen molar-refractivity contribution in [1.29, 1.82) is 0 Å². The van der Waals surface area contributed by atoms with Crippen LogP contribution in [0.25, 0.3) is 0 Å². The van der Waals surface area contributed by atoms with Crippen molar-refractivity contribution in [3.63, 3.8) is 0 Å². The van der Waals surface area contributed by atoms with Gasteiger partial charge in [0.25, 0.3) is 0 Å². The molecule has 0 saturated heterocycles. The molecule has 3 nitrogen and oxygen atoms in total. The van der Waals surface area contributed by atoms with Gasteiger partial charge in [-0.3, -0.25) is 0 Å². The number of allylic oxidation sites excluding steroid dienone is 1.